The Morgan fingerprint density at radius 3 is 2.26 bits per heavy atom. The molecule has 1 aliphatic rings. The molecule has 4 rings (SSSR count). The van der Waals surface area contributed by atoms with Gasteiger partial charge in [-0.25, -0.2) is 0 Å². The number of rotatable bonds is 6. The highest BCUT2D eigenvalue weighted by Crippen LogP contribution is 2.40. The van der Waals surface area contributed by atoms with Crippen LogP contribution < -0.4 is 10.1 Å². The smallest absolute Gasteiger partial charge is 0.119 e. The topological polar surface area (TPSA) is 45.0 Å². The molecule has 0 heterocycles. The van der Waals surface area contributed by atoms with Crippen molar-refractivity contribution in [3.63, 3.8) is 0 Å². The molecule has 31 heavy (non-hydrogen) atoms. The normalized spacial score (nSPS) is 21.8. The van der Waals surface area contributed by atoms with Gasteiger partial charge < -0.3 is 10.1 Å². The van der Waals surface area contributed by atoms with Crippen molar-refractivity contribution in [2.45, 2.75) is 50.1 Å². The highest BCUT2D eigenvalue weighted by Gasteiger charge is 2.37. The molecule has 1 saturated carbocycles. The number of benzene rings is 3. The summed E-state index contributed by atoms with van der Waals surface area (Å²) in [6, 6.07) is 30.7. The van der Waals surface area contributed by atoms with E-state index in [0.29, 0.717) is 6.04 Å². The van der Waals surface area contributed by atoms with Crippen molar-refractivity contribution in [3.8, 4) is 22.9 Å². The third-order valence-corrected chi connectivity index (χ3v) is 6.68. The molecule has 3 heteroatoms. The van der Waals surface area contributed by atoms with E-state index < -0.39 is 5.41 Å². The summed E-state index contributed by atoms with van der Waals surface area (Å²) >= 11 is 0. The SMILES string of the molecule is COc1cccc(C2(C#N)CCC(NC(C)c3ccc(-c4ccccc4)cc3)CC2)c1. The van der Waals surface area contributed by atoms with Crippen LogP contribution >= 0.6 is 0 Å². The second kappa shape index (κ2) is 9.37. The van der Waals surface area contributed by atoms with Crippen LogP contribution in [-0.2, 0) is 5.41 Å². The molecule has 0 amide bonds. The van der Waals surface area contributed by atoms with Gasteiger partial charge in [-0.05, 0) is 67.0 Å². The van der Waals surface area contributed by atoms with Crippen LogP contribution in [0.25, 0.3) is 11.1 Å². The van der Waals surface area contributed by atoms with Gasteiger partial charge in [0.1, 0.15) is 5.75 Å². The Morgan fingerprint density at radius 1 is 0.935 bits per heavy atom. The van der Waals surface area contributed by atoms with Crippen LogP contribution in [0.4, 0.5) is 0 Å². The largest absolute Gasteiger partial charge is 0.497 e. The minimum Gasteiger partial charge on any atom is -0.497 e. The van der Waals surface area contributed by atoms with Crippen LogP contribution in [0.15, 0.2) is 78.9 Å². The fourth-order valence-electron chi connectivity index (χ4n) is 4.71. The molecule has 0 aliphatic heterocycles. The third kappa shape index (κ3) is 4.65. The lowest BCUT2D eigenvalue weighted by molar-refractivity contribution is 0.280. The number of nitrogens with one attached hydrogen (secondary N) is 1. The van der Waals surface area contributed by atoms with Crippen LogP contribution in [0.1, 0.15) is 49.8 Å². The molecule has 0 saturated heterocycles. The predicted octanol–water partition coefficient (Wildman–Crippen LogP) is 6.42. The number of nitrogens with zero attached hydrogens (tertiary/aromatic N) is 1. The summed E-state index contributed by atoms with van der Waals surface area (Å²) in [5, 5.41) is 13.8. The molecule has 3 nitrogen and oxygen atoms in total. The highest BCUT2D eigenvalue weighted by atomic mass is 16.5. The van der Waals surface area contributed by atoms with Gasteiger partial charge in [0, 0.05) is 12.1 Å². The summed E-state index contributed by atoms with van der Waals surface area (Å²) in [6.07, 6.45) is 3.73. The first-order valence-corrected chi connectivity index (χ1v) is 11.1. The van der Waals surface area contributed by atoms with E-state index in [-0.39, 0.29) is 6.04 Å². The number of ether oxygens (including phenoxy) is 1. The van der Waals surface area contributed by atoms with Crippen LogP contribution in [-0.4, -0.2) is 13.2 Å². The van der Waals surface area contributed by atoms with E-state index in [0.717, 1.165) is 37.0 Å². The minimum absolute atomic E-state index is 0.279. The van der Waals surface area contributed by atoms with Gasteiger partial charge in [-0.15, -0.1) is 0 Å². The molecule has 3 aromatic carbocycles. The van der Waals surface area contributed by atoms with Crippen LogP contribution in [0.3, 0.4) is 0 Å². The van der Waals surface area contributed by atoms with E-state index in [1.54, 1.807) is 7.11 Å². The average Bonchev–Trinajstić information content (AvgIpc) is 2.85. The number of methoxy groups -OCH3 is 1. The zero-order chi connectivity index (χ0) is 21.7. The minimum atomic E-state index is -0.409. The van der Waals surface area contributed by atoms with E-state index in [2.05, 4.69) is 72.9 Å². The van der Waals surface area contributed by atoms with E-state index >= 15 is 0 Å². The molecule has 1 atom stereocenters. The van der Waals surface area contributed by atoms with Crippen LogP contribution in [0, 0.1) is 11.3 Å². The molecule has 0 bridgehead atoms. The van der Waals surface area contributed by atoms with Crippen LogP contribution in [0.5, 0.6) is 5.75 Å². The Labute approximate surface area is 185 Å². The lowest BCUT2D eigenvalue weighted by Crippen LogP contribution is -2.40. The van der Waals surface area contributed by atoms with Gasteiger partial charge in [-0.2, -0.15) is 5.26 Å². The van der Waals surface area contributed by atoms with Gasteiger partial charge in [0.15, 0.2) is 0 Å². The Kier molecular flexibility index (Phi) is 6.39. The molecule has 1 aliphatic carbocycles. The fraction of sp³-hybridized carbons (Fsp3) is 0.321. The van der Waals surface area contributed by atoms with E-state index in [9.17, 15) is 5.26 Å². The summed E-state index contributed by atoms with van der Waals surface area (Å²) in [5.41, 5.74) is 4.45. The zero-order valence-electron chi connectivity index (χ0n) is 18.3. The third-order valence-electron chi connectivity index (χ3n) is 6.68. The van der Waals surface area contributed by atoms with Crippen LogP contribution in [0.2, 0.25) is 0 Å². The molecule has 0 spiro atoms. The molecule has 1 fully saturated rings. The predicted molar refractivity (Wildman–Crippen MR) is 126 cm³/mol. The highest BCUT2D eigenvalue weighted by molar-refractivity contribution is 5.63. The number of nitriles is 1. The molecule has 1 unspecified atom stereocenters. The first kappa shape index (κ1) is 21.2. The van der Waals surface area contributed by atoms with Crippen molar-refractivity contribution in [2.75, 3.05) is 7.11 Å². The number of hydrogen-bond acceptors (Lipinski definition) is 3. The maximum atomic E-state index is 10.0. The lowest BCUT2D eigenvalue weighted by Gasteiger charge is -2.37. The zero-order valence-corrected chi connectivity index (χ0v) is 18.3. The second-order valence-electron chi connectivity index (χ2n) is 8.58. The fourth-order valence-corrected chi connectivity index (χ4v) is 4.71. The first-order chi connectivity index (χ1) is 15.1. The number of hydrogen-bond donors (Lipinski definition) is 1. The molecule has 0 radical (unpaired) electrons. The van der Waals surface area contributed by atoms with E-state index in [4.69, 9.17) is 4.74 Å². The first-order valence-electron chi connectivity index (χ1n) is 11.1. The van der Waals surface area contributed by atoms with E-state index in [1.807, 2.05) is 24.3 Å². The van der Waals surface area contributed by atoms with Crippen molar-refractivity contribution in [1.29, 1.82) is 5.26 Å². The van der Waals surface area contributed by atoms with Crippen molar-refractivity contribution in [1.82, 2.24) is 5.32 Å². The molecular weight excluding hydrogens is 380 g/mol. The van der Waals surface area contributed by atoms with Crippen molar-refractivity contribution < 1.29 is 4.74 Å². The Hall–Kier alpha value is -3.09. The van der Waals surface area contributed by atoms with Crippen molar-refractivity contribution in [3.05, 3.63) is 90.0 Å². The maximum Gasteiger partial charge on any atom is 0.119 e. The second-order valence-corrected chi connectivity index (χ2v) is 8.58. The Bertz CT molecular complexity index is 1030. The summed E-state index contributed by atoms with van der Waals surface area (Å²) in [4.78, 5) is 0. The Balaban J connectivity index is 1.38. The van der Waals surface area contributed by atoms with Gasteiger partial charge in [-0.3, -0.25) is 0 Å². The molecule has 0 aromatic heterocycles. The van der Waals surface area contributed by atoms with Crippen molar-refractivity contribution >= 4 is 0 Å². The Morgan fingerprint density at radius 2 is 1.61 bits per heavy atom. The van der Waals surface area contributed by atoms with Gasteiger partial charge in [-0.1, -0.05) is 66.7 Å². The summed E-state index contributed by atoms with van der Waals surface area (Å²) in [5.74, 6) is 0.819. The molecule has 3 aromatic rings. The monoisotopic (exact) mass is 410 g/mol. The average molecular weight is 411 g/mol. The summed E-state index contributed by atoms with van der Waals surface area (Å²) < 4.78 is 5.37. The lowest BCUT2D eigenvalue weighted by atomic mass is 9.69. The quantitative estimate of drug-likeness (QED) is 0.510. The van der Waals surface area contributed by atoms with Gasteiger partial charge in [0.2, 0.25) is 0 Å². The van der Waals surface area contributed by atoms with E-state index in [1.165, 1.54) is 16.7 Å². The van der Waals surface area contributed by atoms with Gasteiger partial charge in [0.05, 0.1) is 18.6 Å². The molecule has 158 valence electrons. The summed E-state index contributed by atoms with van der Waals surface area (Å²) in [7, 11) is 1.67. The summed E-state index contributed by atoms with van der Waals surface area (Å²) in [6.45, 7) is 2.23. The van der Waals surface area contributed by atoms with Gasteiger partial charge in [0.25, 0.3) is 0 Å². The molecule has 1 N–H and O–H groups in total. The maximum absolute atomic E-state index is 10.0. The van der Waals surface area contributed by atoms with Crippen molar-refractivity contribution in [2.24, 2.45) is 0 Å². The standard InChI is InChI=1S/C28H30N2O/c1-21(22-11-13-24(14-12-22)23-7-4-3-5-8-23)30-26-15-17-28(20-29,18-16-26)25-9-6-10-27(19-25)31-2/h3-14,19,21,26,30H,15-18H2,1-2H3. The molecular formula is C28H30N2O. The van der Waals surface area contributed by atoms with Gasteiger partial charge >= 0.3 is 0 Å².